The van der Waals surface area contributed by atoms with Gasteiger partial charge >= 0.3 is 0 Å². The summed E-state index contributed by atoms with van der Waals surface area (Å²) >= 11 is 0. The van der Waals surface area contributed by atoms with Crippen LogP contribution in [0, 0.1) is 5.92 Å². The van der Waals surface area contributed by atoms with E-state index in [1.807, 2.05) is 13.1 Å². The second kappa shape index (κ2) is 6.61. The summed E-state index contributed by atoms with van der Waals surface area (Å²) in [6, 6.07) is 8.75. The van der Waals surface area contributed by atoms with Crippen molar-refractivity contribution in [2.75, 3.05) is 18.5 Å². The van der Waals surface area contributed by atoms with Crippen LogP contribution in [0.1, 0.15) is 56.6 Å². The summed E-state index contributed by atoms with van der Waals surface area (Å²) in [5.74, 6) is 0.602. The molecule has 1 fully saturated rings. The zero-order chi connectivity index (χ0) is 14.7. The van der Waals surface area contributed by atoms with Crippen molar-refractivity contribution in [1.82, 2.24) is 5.32 Å². The molecule has 1 saturated carbocycles. The third-order valence-corrected chi connectivity index (χ3v) is 5.06. The van der Waals surface area contributed by atoms with Gasteiger partial charge in [-0.1, -0.05) is 43.9 Å². The summed E-state index contributed by atoms with van der Waals surface area (Å²) < 4.78 is 0. The molecule has 1 amide bonds. The largest absolute Gasteiger partial charge is 0.313 e. The highest BCUT2D eigenvalue weighted by molar-refractivity contribution is 5.96. The molecule has 1 unspecified atom stereocenters. The molecule has 1 aromatic rings. The van der Waals surface area contributed by atoms with Gasteiger partial charge in [0.25, 0.3) is 0 Å². The quantitative estimate of drug-likeness (QED) is 0.842. The lowest BCUT2D eigenvalue weighted by Gasteiger charge is -2.36. The van der Waals surface area contributed by atoms with Crippen LogP contribution in [0.2, 0.25) is 0 Å². The first-order chi connectivity index (χ1) is 10.3. The Hall–Kier alpha value is -1.35. The van der Waals surface area contributed by atoms with Crippen molar-refractivity contribution in [3.05, 3.63) is 29.8 Å². The van der Waals surface area contributed by atoms with Gasteiger partial charge in [-0.15, -0.1) is 0 Å². The van der Waals surface area contributed by atoms with Crippen LogP contribution >= 0.6 is 0 Å². The van der Waals surface area contributed by atoms with Crippen LogP contribution in [0.15, 0.2) is 24.3 Å². The highest BCUT2D eigenvalue weighted by Gasteiger charge is 2.31. The Bertz CT molecular complexity index is 492. The standard InChI is InChI=1S/C18H26N2O/c1-19-16-12-13-20(17-11-7-6-10-15(16)17)18(21)14-8-4-2-3-5-9-14/h6-7,10-11,14,16,19H,2-5,8-9,12-13H2,1H3. The molecule has 1 atom stereocenters. The van der Waals surface area contributed by atoms with Crippen LogP contribution in [0.25, 0.3) is 0 Å². The van der Waals surface area contributed by atoms with Crippen LogP contribution < -0.4 is 10.2 Å². The fourth-order valence-electron chi connectivity index (χ4n) is 3.84. The molecule has 2 aliphatic rings. The summed E-state index contributed by atoms with van der Waals surface area (Å²) in [5, 5.41) is 3.37. The molecule has 0 aromatic heterocycles. The topological polar surface area (TPSA) is 32.3 Å². The number of fused-ring (bicyclic) bond motifs is 1. The molecule has 0 radical (unpaired) electrons. The normalized spacial score (nSPS) is 23.5. The van der Waals surface area contributed by atoms with Crippen LogP contribution in [0.5, 0.6) is 0 Å². The minimum atomic E-state index is 0.242. The number of rotatable bonds is 2. The molecule has 0 saturated heterocycles. The fraction of sp³-hybridized carbons (Fsp3) is 0.611. The Kier molecular flexibility index (Phi) is 4.59. The molecule has 0 bridgehead atoms. The first kappa shape index (κ1) is 14.6. The first-order valence-electron chi connectivity index (χ1n) is 8.39. The molecule has 3 heteroatoms. The summed E-state index contributed by atoms with van der Waals surface area (Å²) in [7, 11) is 2.00. The fourth-order valence-corrected chi connectivity index (χ4v) is 3.84. The van der Waals surface area contributed by atoms with E-state index in [2.05, 4.69) is 28.4 Å². The highest BCUT2D eigenvalue weighted by atomic mass is 16.2. The predicted molar refractivity (Wildman–Crippen MR) is 86.4 cm³/mol. The molecule has 0 spiro atoms. The summed E-state index contributed by atoms with van der Waals surface area (Å²) in [5.41, 5.74) is 2.39. The van der Waals surface area contributed by atoms with Crippen molar-refractivity contribution in [3.8, 4) is 0 Å². The van der Waals surface area contributed by atoms with Gasteiger partial charge in [-0.2, -0.15) is 0 Å². The minimum Gasteiger partial charge on any atom is -0.313 e. The van der Waals surface area contributed by atoms with Gasteiger partial charge in [-0.05, 0) is 37.9 Å². The van der Waals surface area contributed by atoms with Crippen molar-refractivity contribution in [2.24, 2.45) is 5.92 Å². The molecule has 3 rings (SSSR count). The molecule has 1 aliphatic heterocycles. The maximum absolute atomic E-state index is 13.0. The SMILES string of the molecule is CNC1CCN(C(=O)C2CCCCCC2)c2ccccc21. The molecule has 1 aliphatic carbocycles. The molecule has 3 nitrogen and oxygen atoms in total. The molecular formula is C18H26N2O. The average Bonchev–Trinajstić information content (AvgIpc) is 2.82. The molecule has 1 aromatic carbocycles. The second-order valence-electron chi connectivity index (χ2n) is 6.37. The van der Waals surface area contributed by atoms with Gasteiger partial charge in [-0.25, -0.2) is 0 Å². The third kappa shape index (κ3) is 2.98. The lowest BCUT2D eigenvalue weighted by molar-refractivity contribution is -0.122. The van der Waals surface area contributed by atoms with E-state index in [4.69, 9.17) is 0 Å². The number of nitrogens with one attached hydrogen (secondary N) is 1. The molecule has 1 heterocycles. The monoisotopic (exact) mass is 286 g/mol. The van der Waals surface area contributed by atoms with E-state index < -0.39 is 0 Å². The highest BCUT2D eigenvalue weighted by Crippen LogP contribution is 2.35. The smallest absolute Gasteiger partial charge is 0.230 e. The number of para-hydroxylation sites is 1. The van der Waals surface area contributed by atoms with Crippen molar-refractivity contribution in [1.29, 1.82) is 0 Å². The predicted octanol–water partition coefficient (Wildman–Crippen LogP) is 3.65. The van der Waals surface area contributed by atoms with E-state index in [0.29, 0.717) is 11.9 Å². The lowest BCUT2D eigenvalue weighted by Crippen LogP contribution is -2.42. The van der Waals surface area contributed by atoms with E-state index in [9.17, 15) is 4.79 Å². The number of carbonyl (C=O) groups excluding carboxylic acids is 1. The maximum Gasteiger partial charge on any atom is 0.230 e. The zero-order valence-corrected chi connectivity index (χ0v) is 13.0. The maximum atomic E-state index is 13.0. The van der Waals surface area contributed by atoms with Crippen molar-refractivity contribution in [3.63, 3.8) is 0 Å². The number of benzene rings is 1. The van der Waals surface area contributed by atoms with Crippen molar-refractivity contribution >= 4 is 11.6 Å². The van der Waals surface area contributed by atoms with Gasteiger partial charge < -0.3 is 10.2 Å². The van der Waals surface area contributed by atoms with Gasteiger partial charge in [0, 0.05) is 24.2 Å². The number of hydrogen-bond donors (Lipinski definition) is 1. The van der Waals surface area contributed by atoms with Gasteiger partial charge in [0.2, 0.25) is 5.91 Å². The number of carbonyl (C=O) groups is 1. The van der Waals surface area contributed by atoms with Crippen LogP contribution in [-0.4, -0.2) is 19.5 Å². The van der Waals surface area contributed by atoms with Crippen LogP contribution in [0.3, 0.4) is 0 Å². The van der Waals surface area contributed by atoms with Crippen LogP contribution in [0.4, 0.5) is 5.69 Å². The van der Waals surface area contributed by atoms with Gasteiger partial charge in [-0.3, -0.25) is 4.79 Å². The van der Waals surface area contributed by atoms with E-state index in [1.165, 1.54) is 31.2 Å². The molecule has 114 valence electrons. The zero-order valence-electron chi connectivity index (χ0n) is 13.0. The van der Waals surface area contributed by atoms with E-state index in [-0.39, 0.29) is 5.92 Å². The van der Waals surface area contributed by atoms with Gasteiger partial charge in [0.05, 0.1) is 0 Å². The summed E-state index contributed by atoms with van der Waals surface area (Å²) in [4.78, 5) is 15.0. The Morgan fingerprint density at radius 2 is 1.81 bits per heavy atom. The van der Waals surface area contributed by atoms with Gasteiger partial charge in [0.1, 0.15) is 0 Å². The van der Waals surface area contributed by atoms with Crippen molar-refractivity contribution < 1.29 is 4.79 Å². The minimum absolute atomic E-state index is 0.242. The summed E-state index contributed by atoms with van der Waals surface area (Å²) in [6.07, 6.45) is 8.17. The van der Waals surface area contributed by atoms with E-state index in [0.717, 1.165) is 31.5 Å². The first-order valence-corrected chi connectivity index (χ1v) is 8.39. The number of amides is 1. The lowest BCUT2D eigenvalue weighted by atomic mass is 9.93. The van der Waals surface area contributed by atoms with Crippen LogP contribution in [-0.2, 0) is 4.79 Å². The van der Waals surface area contributed by atoms with E-state index >= 15 is 0 Å². The Morgan fingerprint density at radius 1 is 1.10 bits per heavy atom. The summed E-state index contributed by atoms with van der Waals surface area (Å²) in [6.45, 7) is 0.845. The Balaban J connectivity index is 1.83. The molecular weight excluding hydrogens is 260 g/mol. The second-order valence-corrected chi connectivity index (χ2v) is 6.37. The third-order valence-electron chi connectivity index (χ3n) is 5.06. The van der Waals surface area contributed by atoms with Crippen molar-refractivity contribution in [2.45, 2.75) is 51.0 Å². The Morgan fingerprint density at radius 3 is 2.52 bits per heavy atom. The van der Waals surface area contributed by atoms with Gasteiger partial charge in [0.15, 0.2) is 0 Å². The number of hydrogen-bond acceptors (Lipinski definition) is 2. The van der Waals surface area contributed by atoms with E-state index in [1.54, 1.807) is 0 Å². The average molecular weight is 286 g/mol. The number of nitrogens with zero attached hydrogens (tertiary/aromatic N) is 1. The molecule has 21 heavy (non-hydrogen) atoms. The number of anilines is 1. The molecule has 1 N–H and O–H groups in total. The Labute approximate surface area is 127 Å².